The van der Waals surface area contributed by atoms with Crippen LogP contribution in [0.1, 0.15) is 46.0 Å². The van der Waals surface area contributed by atoms with Gasteiger partial charge in [0.25, 0.3) is 0 Å². The SMILES string of the molecule is CCCCC(NC(=O)NC(C)C1CCOCC1)C(=O)O. The van der Waals surface area contributed by atoms with E-state index in [1.807, 2.05) is 13.8 Å². The van der Waals surface area contributed by atoms with Gasteiger partial charge in [-0.1, -0.05) is 19.8 Å². The largest absolute Gasteiger partial charge is 0.480 e. The van der Waals surface area contributed by atoms with Gasteiger partial charge in [-0.25, -0.2) is 9.59 Å². The summed E-state index contributed by atoms with van der Waals surface area (Å²) in [7, 11) is 0. The first-order valence-electron chi connectivity index (χ1n) is 7.42. The Balaban J connectivity index is 2.37. The minimum absolute atomic E-state index is 0.0273. The molecule has 0 aromatic heterocycles. The second kappa shape index (κ2) is 8.79. The van der Waals surface area contributed by atoms with Gasteiger partial charge in [0.1, 0.15) is 6.04 Å². The molecule has 0 aromatic carbocycles. The molecule has 1 rings (SSSR count). The standard InChI is InChI=1S/C14H26N2O4/c1-3-4-5-12(13(17)18)16-14(19)15-10(2)11-6-8-20-9-7-11/h10-12H,3-9H2,1-2H3,(H,17,18)(H2,15,16,19). The van der Waals surface area contributed by atoms with Crippen molar-refractivity contribution in [3.8, 4) is 0 Å². The van der Waals surface area contributed by atoms with Crippen LogP contribution in [0.3, 0.4) is 0 Å². The lowest BCUT2D eigenvalue weighted by molar-refractivity contribution is -0.139. The van der Waals surface area contributed by atoms with E-state index < -0.39 is 18.0 Å². The van der Waals surface area contributed by atoms with E-state index >= 15 is 0 Å². The van der Waals surface area contributed by atoms with Crippen LogP contribution in [0.2, 0.25) is 0 Å². The zero-order valence-corrected chi connectivity index (χ0v) is 12.4. The van der Waals surface area contributed by atoms with Crippen molar-refractivity contribution in [2.45, 2.75) is 58.0 Å². The highest BCUT2D eigenvalue weighted by molar-refractivity contribution is 5.82. The van der Waals surface area contributed by atoms with E-state index in [4.69, 9.17) is 9.84 Å². The molecule has 1 aliphatic rings. The number of carbonyl (C=O) groups excluding carboxylic acids is 1. The van der Waals surface area contributed by atoms with Gasteiger partial charge in [-0.2, -0.15) is 0 Å². The monoisotopic (exact) mass is 286 g/mol. The Kier molecular flexibility index (Phi) is 7.36. The summed E-state index contributed by atoms with van der Waals surface area (Å²) in [6.45, 7) is 5.41. The van der Waals surface area contributed by atoms with Crippen LogP contribution >= 0.6 is 0 Å². The van der Waals surface area contributed by atoms with Gasteiger partial charge in [0.05, 0.1) is 0 Å². The van der Waals surface area contributed by atoms with Gasteiger partial charge in [-0.3, -0.25) is 0 Å². The molecule has 20 heavy (non-hydrogen) atoms. The summed E-state index contributed by atoms with van der Waals surface area (Å²) in [5.74, 6) is -0.583. The third-order valence-electron chi connectivity index (χ3n) is 3.78. The molecule has 116 valence electrons. The summed E-state index contributed by atoms with van der Waals surface area (Å²) >= 11 is 0. The van der Waals surface area contributed by atoms with E-state index in [2.05, 4.69) is 10.6 Å². The first-order chi connectivity index (χ1) is 9.54. The van der Waals surface area contributed by atoms with E-state index in [0.717, 1.165) is 38.9 Å². The Bertz CT molecular complexity index is 316. The van der Waals surface area contributed by atoms with Crippen LogP contribution in [0.25, 0.3) is 0 Å². The average Bonchev–Trinajstić information content (AvgIpc) is 2.44. The van der Waals surface area contributed by atoms with Crippen molar-refractivity contribution in [3.63, 3.8) is 0 Å². The second-order valence-electron chi connectivity index (χ2n) is 5.39. The molecule has 0 radical (unpaired) electrons. The van der Waals surface area contributed by atoms with Crippen molar-refractivity contribution >= 4 is 12.0 Å². The topological polar surface area (TPSA) is 87.7 Å². The van der Waals surface area contributed by atoms with Gasteiger partial charge in [0, 0.05) is 19.3 Å². The quantitative estimate of drug-likeness (QED) is 0.665. The summed E-state index contributed by atoms with van der Waals surface area (Å²) in [4.78, 5) is 22.9. The number of amides is 2. The van der Waals surface area contributed by atoms with E-state index in [1.165, 1.54) is 0 Å². The molecule has 1 aliphatic heterocycles. The fourth-order valence-electron chi connectivity index (χ4n) is 2.41. The number of carbonyl (C=O) groups is 2. The number of unbranched alkanes of at least 4 members (excludes halogenated alkanes) is 1. The smallest absolute Gasteiger partial charge is 0.326 e. The summed E-state index contributed by atoms with van der Waals surface area (Å²) < 4.78 is 5.29. The molecule has 6 nitrogen and oxygen atoms in total. The minimum Gasteiger partial charge on any atom is -0.480 e. The van der Waals surface area contributed by atoms with Gasteiger partial charge in [-0.15, -0.1) is 0 Å². The first kappa shape index (κ1) is 16.8. The molecule has 0 saturated carbocycles. The molecule has 0 spiro atoms. The molecule has 1 saturated heterocycles. The Morgan fingerprint density at radius 1 is 1.30 bits per heavy atom. The third kappa shape index (κ3) is 5.77. The summed E-state index contributed by atoms with van der Waals surface area (Å²) in [5.41, 5.74) is 0. The highest BCUT2D eigenvalue weighted by Crippen LogP contribution is 2.18. The van der Waals surface area contributed by atoms with Crippen LogP contribution in [0.5, 0.6) is 0 Å². The maximum atomic E-state index is 11.9. The first-order valence-corrected chi connectivity index (χ1v) is 7.42. The molecular formula is C14H26N2O4. The van der Waals surface area contributed by atoms with Crippen LogP contribution in [0.4, 0.5) is 4.79 Å². The molecule has 0 bridgehead atoms. The Morgan fingerprint density at radius 2 is 1.95 bits per heavy atom. The molecular weight excluding hydrogens is 260 g/mol. The highest BCUT2D eigenvalue weighted by atomic mass is 16.5. The van der Waals surface area contributed by atoms with Crippen molar-refractivity contribution in [2.75, 3.05) is 13.2 Å². The van der Waals surface area contributed by atoms with Crippen molar-refractivity contribution in [1.29, 1.82) is 0 Å². The van der Waals surface area contributed by atoms with Crippen LogP contribution in [0.15, 0.2) is 0 Å². The van der Waals surface area contributed by atoms with E-state index in [-0.39, 0.29) is 6.04 Å². The number of hydrogen-bond acceptors (Lipinski definition) is 3. The van der Waals surface area contributed by atoms with Crippen LogP contribution in [-0.2, 0) is 9.53 Å². The fourth-order valence-corrected chi connectivity index (χ4v) is 2.41. The van der Waals surface area contributed by atoms with Gasteiger partial charge in [-0.05, 0) is 32.1 Å². The molecule has 6 heteroatoms. The summed E-state index contributed by atoms with van der Waals surface area (Å²) in [6, 6.07) is -1.18. The highest BCUT2D eigenvalue weighted by Gasteiger charge is 2.24. The Labute approximate surface area is 120 Å². The molecule has 1 heterocycles. The lowest BCUT2D eigenvalue weighted by Crippen LogP contribution is -2.50. The zero-order valence-electron chi connectivity index (χ0n) is 12.4. The molecule has 2 atom stereocenters. The number of hydrogen-bond donors (Lipinski definition) is 3. The van der Waals surface area contributed by atoms with Gasteiger partial charge in [0.2, 0.25) is 0 Å². The van der Waals surface area contributed by atoms with Gasteiger partial charge in [0.15, 0.2) is 0 Å². The molecule has 3 N–H and O–H groups in total. The minimum atomic E-state index is -0.979. The number of carboxylic acid groups (broad SMARTS) is 1. The van der Waals surface area contributed by atoms with Crippen molar-refractivity contribution in [2.24, 2.45) is 5.92 Å². The molecule has 0 aromatic rings. The third-order valence-corrected chi connectivity index (χ3v) is 3.78. The Hall–Kier alpha value is -1.30. The number of aliphatic carboxylic acids is 1. The van der Waals surface area contributed by atoms with E-state index in [0.29, 0.717) is 12.3 Å². The van der Waals surface area contributed by atoms with Crippen molar-refractivity contribution < 1.29 is 19.4 Å². The van der Waals surface area contributed by atoms with Crippen LogP contribution in [0, 0.1) is 5.92 Å². The molecule has 2 amide bonds. The van der Waals surface area contributed by atoms with Crippen molar-refractivity contribution in [3.05, 3.63) is 0 Å². The van der Waals surface area contributed by atoms with Crippen LogP contribution < -0.4 is 10.6 Å². The Morgan fingerprint density at radius 3 is 2.50 bits per heavy atom. The molecule has 1 fully saturated rings. The van der Waals surface area contributed by atoms with Crippen molar-refractivity contribution in [1.82, 2.24) is 10.6 Å². The molecule has 0 aliphatic carbocycles. The summed E-state index contributed by atoms with van der Waals surface area (Å²) in [6.07, 6.45) is 4.02. The predicted molar refractivity (Wildman–Crippen MR) is 75.6 cm³/mol. The predicted octanol–water partition coefficient (Wildman–Crippen LogP) is 1.74. The fraction of sp³-hybridized carbons (Fsp3) is 0.857. The lowest BCUT2D eigenvalue weighted by Gasteiger charge is -2.28. The number of urea groups is 1. The maximum absolute atomic E-state index is 11.9. The number of ether oxygens (including phenoxy) is 1. The second-order valence-corrected chi connectivity index (χ2v) is 5.39. The van der Waals surface area contributed by atoms with E-state index in [1.54, 1.807) is 0 Å². The number of rotatable bonds is 7. The number of carboxylic acids is 1. The zero-order chi connectivity index (χ0) is 15.0. The van der Waals surface area contributed by atoms with Gasteiger partial charge >= 0.3 is 12.0 Å². The lowest BCUT2D eigenvalue weighted by atomic mass is 9.93. The number of nitrogens with one attached hydrogen (secondary N) is 2. The van der Waals surface area contributed by atoms with Crippen LogP contribution in [-0.4, -0.2) is 42.4 Å². The average molecular weight is 286 g/mol. The maximum Gasteiger partial charge on any atom is 0.326 e. The van der Waals surface area contributed by atoms with Gasteiger partial charge < -0.3 is 20.5 Å². The van der Waals surface area contributed by atoms with E-state index in [9.17, 15) is 9.59 Å². The summed E-state index contributed by atoms with van der Waals surface area (Å²) in [5, 5.41) is 14.5. The molecule has 2 unspecified atom stereocenters. The normalized spacial score (nSPS) is 19.1.